The second-order valence-corrected chi connectivity index (χ2v) is 7.34. The van der Waals surface area contributed by atoms with Gasteiger partial charge in [-0.05, 0) is 24.6 Å². The molecular weight excluding hydrogens is 390 g/mol. The van der Waals surface area contributed by atoms with Crippen LogP contribution in [0.25, 0.3) is 22.1 Å². The summed E-state index contributed by atoms with van der Waals surface area (Å²) in [7, 11) is 1.96. The van der Waals surface area contributed by atoms with E-state index >= 15 is 0 Å². The summed E-state index contributed by atoms with van der Waals surface area (Å²) in [4.78, 5) is 16.3. The molecule has 0 aliphatic carbocycles. The maximum Gasteiger partial charge on any atom is 0.230 e. The Labute approximate surface area is 152 Å². The molecule has 24 heavy (non-hydrogen) atoms. The molecule has 0 radical (unpaired) electrons. The SMILES string of the molecule is CCCCNC(=O)CSc1nnc2c3cc(Br)ccc3n(C)c2n1. The third-order valence-corrected chi connectivity index (χ3v) is 5.06. The first-order valence-corrected chi connectivity index (χ1v) is 9.56. The molecule has 0 saturated heterocycles. The van der Waals surface area contributed by atoms with Gasteiger partial charge in [0.05, 0.1) is 11.3 Å². The molecular formula is C16H18BrN5OS. The van der Waals surface area contributed by atoms with Gasteiger partial charge >= 0.3 is 0 Å². The normalized spacial score (nSPS) is 11.3. The average molecular weight is 408 g/mol. The van der Waals surface area contributed by atoms with E-state index in [9.17, 15) is 4.79 Å². The summed E-state index contributed by atoms with van der Waals surface area (Å²) in [5.74, 6) is 0.296. The van der Waals surface area contributed by atoms with Gasteiger partial charge in [0.25, 0.3) is 0 Å². The number of aromatic nitrogens is 4. The number of benzene rings is 1. The minimum Gasteiger partial charge on any atom is -0.355 e. The van der Waals surface area contributed by atoms with E-state index in [0.29, 0.717) is 17.5 Å². The van der Waals surface area contributed by atoms with Crippen molar-refractivity contribution in [1.29, 1.82) is 0 Å². The fraction of sp³-hybridized carbons (Fsp3) is 0.375. The number of rotatable bonds is 6. The largest absolute Gasteiger partial charge is 0.355 e. The van der Waals surface area contributed by atoms with Crippen LogP contribution in [0.4, 0.5) is 0 Å². The van der Waals surface area contributed by atoms with Gasteiger partial charge in [0.2, 0.25) is 11.1 Å². The van der Waals surface area contributed by atoms with Crippen LogP contribution in [-0.2, 0) is 11.8 Å². The predicted octanol–water partition coefficient (Wildman–Crippen LogP) is 3.29. The lowest BCUT2D eigenvalue weighted by molar-refractivity contribution is -0.118. The summed E-state index contributed by atoms with van der Waals surface area (Å²) >= 11 is 4.79. The van der Waals surface area contributed by atoms with E-state index in [1.807, 2.05) is 29.8 Å². The van der Waals surface area contributed by atoms with Gasteiger partial charge in [-0.25, -0.2) is 4.98 Å². The number of hydrogen-bond acceptors (Lipinski definition) is 5. The van der Waals surface area contributed by atoms with E-state index in [1.165, 1.54) is 11.8 Å². The summed E-state index contributed by atoms with van der Waals surface area (Å²) in [5.41, 5.74) is 2.59. The van der Waals surface area contributed by atoms with Gasteiger partial charge in [0, 0.05) is 23.5 Å². The summed E-state index contributed by atoms with van der Waals surface area (Å²) in [5, 5.41) is 12.9. The summed E-state index contributed by atoms with van der Waals surface area (Å²) < 4.78 is 2.99. The number of unbranched alkanes of at least 4 members (excludes halogenated alkanes) is 1. The molecule has 1 N–H and O–H groups in total. The van der Waals surface area contributed by atoms with Crippen LogP contribution in [0.3, 0.4) is 0 Å². The molecule has 0 unspecified atom stereocenters. The van der Waals surface area contributed by atoms with Crippen LogP contribution < -0.4 is 5.32 Å². The van der Waals surface area contributed by atoms with Gasteiger partial charge in [-0.15, -0.1) is 10.2 Å². The number of amides is 1. The lowest BCUT2D eigenvalue weighted by Crippen LogP contribution is -2.26. The highest BCUT2D eigenvalue weighted by atomic mass is 79.9. The zero-order valence-corrected chi connectivity index (χ0v) is 15.9. The molecule has 0 bridgehead atoms. The molecule has 0 aliphatic rings. The first-order chi connectivity index (χ1) is 11.6. The summed E-state index contributed by atoms with van der Waals surface area (Å²) in [6.45, 7) is 2.81. The van der Waals surface area contributed by atoms with Crippen molar-refractivity contribution in [3.8, 4) is 0 Å². The van der Waals surface area contributed by atoms with Gasteiger partial charge in [0.1, 0.15) is 5.52 Å². The van der Waals surface area contributed by atoms with Gasteiger partial charge in [0.15, 0.2) is 5.65 Å². The predicted molar refractivity (Wildman–Crippen MR) is 100 cm³/mol. The Bertz CT molecular complexity index is 895. The van der Waals surface area contributed by atoms with Gasteiger partial charge in [-0.1, -0.05) is 41.0 Å². The van der Waals surface area contributed by atoms with E-state index in [4.69, 9.17) is 0 Å². The van der Waals surface area contributed by atoms with Gasteiger partial charge in [-0.3, -0.25) is 4.79 Å². The second-order valence-electron chi connectivity index (χ2n) is 5.48. The molecule has 0 atom stereocenters. The Morgan fingerprint density at radius 2 is 2.21 bits per heavy atom. The van der Waals surface area contributed by atoms with Crippen molar-refractivity contribution in [3.63, 3.8) is 0 Å². The molecule has 3 aromatic rings. The Morgan fingerprint density at radius 1 is 1.38 bits per heavy atom. The molecule has 1 aromatic carbocycles. The Hall–Kier alpha value is -1.67. The molecule has 126 valence electrons. The highest BCUT2D eigenvalue weighted by molar-refractivity contribution is 9.10. The molecule has 2 aromatic heterocycles. The van der Waals surface area contributed by atoms with Crippen LogP contribution in [-0.4, -0.2) is 38.0 Å². The highest BCUT2D eigenvalue weighted by Gasteiger charge is 2.13. The summed E-state index contributed by atoms with van der Waals surface area (Å²) in [6, 6.07) is 6.03. The summed E-state index contributed by atoms with van der Waals surface area (Å²) in [6.07, 6.45) is 2.06. The van der Waals surface area contributed by atoms with Gasteiger partial charge < -0.3 is 9.88 Å². The lowest BCUT2D eigenvalue weighted by atomic mass is 10.2. The van der Waals surface area contributed by atoms with E-state index < -0.39 is 0 Å². The van der Waals surface area contributed by atoms with E-state index in [0.717, 1.165) is 39.4 Å². The molecule has 2 heterocycles. The number of aryl methyl sites for hydroxylation is 1. The number of halogens is 1. The van der Waals surface area contributed by atoms with Crippen LogP contribution in [0.1, 0.15) is 19.8 Å². The van der Waals surface area contributed by atoms with Crippen molar-refractivity contribution in [3.05, 3.63) is 22.7 Å². The highest BCUT2D eigenvalue weighted by Crippen LogP contribution is 2.28. The number of thioether (sulfide) groups is 1. The Balaban J connectivity index is 1.80. The molecule has 0 saturated carbocycles. The molecule has 1 amide bonds. The fourth-order valence-corrected chi connectivity index (χ4v) is 3.44. The topological polar surface area (TPSA) is 72.7 Å². The zero-order chi connectivity index (χ0) is 17.1. The van der Waals surface area contributed by atoms with E-state index in [-0.39, 0.29) is 5.91 Å². The van der Waals surface area contributed by atoms with Crippen molar-refractivity contribution in [2.75, 3.05) is 12.3 Å². The standard InChI is InChI=1S/C16H18BrN5OS/c1-3-4-7-18-13(23)9-24-16-19-15-14(20-21-16)11-8-10(17)5-6-12(11)22(15)2/h5-6,8H,3-4,7,9H2,1-2H3,(H,18,23). The first kappa shape index (κ1) is 17.2. The third-order valence-electron chi connectivity index (χ3n) is 3.73. The quantitative estimate of drug-likeness (QED) is 0.501. The first-order valence-electron chi connectivity index (χ1n) is 7.78. The van der Waals surface area contributed by atoms with Crippen molar-refractivity contribution in [1.82, 2.24) is 25.1 Å². The van der Waals surface area contributed by atoms with Crippen molar-refractivity contribution in [2.24, 2.45) is 7.05 Å². The Kier molecular flexibility index (Phi) is 5.35. The lowest BCUT2D eigenvalue weighted by Gasteiger charge is -2.03. The molecule has 0 spiro atoms. The van der Waals surface area contributed by atoms with E-state index in [1.54, 1.807) is 0 Å². The van der Waals surface area contributed by atoms with Crippen LogP contribution in [0.2, 0.25) is 0 Å². The maximum atomic E-state index is 11.8. The number of hydrogen-bond donors (Lipinski definition) is 1. The van der Waals surface area contributed by atoms with Crippen LogP contribution in [0.5, 0.6) is 0 Å². The van der Waals surface area contributed by atoms with Crippen LogP contribution in [0.15, 0.2) is 27.8 Å². The number of fused-ring (bicyclic) bond motifs is 3. The molecule has 6 nitrogen and oxygen atoms in total. The second kappa shape index (κ2) is 7.48. The zero-order valence-electron chi connectivity index (χ0n) is 13.5. The number of carbonyl (C=O) groups excluding carboxylic acids is 1. The van der Waals surface area contributed by atoms with E-state index in [2.05, 4.69) is 43.4 Å². The third kappa shape index (κ3) is 3.54. The van der Waals surface area contributed by atoms with Crippen molar-refractivity contribution >= 4 is 55.7 Å². The average Bonchev–Trinajstić information content (AvgIpc) is 2.85. The molecule has 0 fully saturated rings. The van der Waals surface area contributed by atoms with Gasteiger partial charge in [-0.2, -0.15) is 0 Å². The minimum absolute atomic E-state index is 0.00174. The Morgan fingerprint density at radius 3 is 3.00 bits per heavy atom. The number of nitrogens with zero attached hydrogens (tertiary/aromatic N) is 4. The van der Waals surface area contributed by atoms with Crippen LogP contribution >= 0.6 is 27.7 Å². The molecule has 3 rings (SSSR count). The maximum absolute atomic E-state index is 11.8. The monoisotopic (exact) mass is 407 g/mol. The molecule has 8 heteroatoms. The van der Waals surface area contributed by atoms with Crippen molar-refractivity contribution < 1.29 is 4.79 Å². The van der Waals surface area contributed by atoms with Crippen molar-refractivity contribution in [2.45, 2.75) is 24.9 Å². The fourth-order valence-electron chi connectivity index (χ4n) is 2.46. The molecule has 0 aliphatic heterocycles. The number of nitrogens with one attached hydrogen (secondary N) is 1. The minimum atomic E-state index is -0.00174. The smallest absolute Gasteiger partial charge is 0.230 e. The number of carbonyl (C=O) groups is 1. The van der Waals surface area contributed by atoms with Crippen LogP contribution in [0, 0.1) is 0 Å².